The van der Waals surface area contributed by atoms with Crippen molar-refractivity contribution < 1.29 is 25.0 Å². The van der Waals surface area contributed by atoms with Gasteiger partial charge >= 0.3 is 5.97 Å². The molecule has 0 aromatic heterocycles. The second-order valence-corrected chi connectivity index (χ2v) is 5.59. The Morgan fingerprint density at radius 2 is 1.88 bits per heavy atom. The average molecular weight is 346 g/mol. The molecule has 1 unspecified atom stereocenters. The molecule has 1 aliphatic rings. The van der Waals surface area contributed by atoms with Gasteiger partial charge in [0.15, 0.2) is 6.10 Å². The number of nitro benzene ring substituents is 1. The lowest BCUT2D eigenvalue weighted by Crippen LogP contribution is -2.21. The highest BCUT2D eigenvalue weighted by Crippen LogP contribution is 2.32. The van der Waals surface area contributed by atoms with Gasteiger partial charge in [-0.3, -0.25) is 10.1 Å². The van der Waals surface area contributed by atoms with Crippen molar-refractivity contribution in [3.63, 3.8) is 0 Å². The van der Waals surface area contributed by atoms with Gasteiger partial charge < -0.3 is 21.1 Å². The number of aliphatic hydroxyl groups is 2. The minimum atomic E-state index is -1.41. The molecule has 132 valence electrons. The van der Waals surface area contributed by atoms with Gasteiger partial charge in [-0.25, -0.2) is 4.79 Å². The van der Waals surface area contributed by atoms with E-state index in [9.17, 15) is 20.0 Å². The van der Waals surface area contributed by atoms with E-state index >= 15 is 0 Å². The third-order valence-corrected chi connectivity index (χ3v) is 3.89. The predicted octanol–water partition coefficient (Wildman–Crippen LogP) is 1.32. The molecule has 0 spiro atoms. The van der Waals surface area contributed by atoms with Crippen molar-refractivity contribution in [2.24, 2.45) is 5.73 Å². The maximum absolute atomic E-state index is 10.5. The molecule has 0 aliphatic heterocycles. The number of nitrogens with zero attached hydrogens (tertiary/aromatic N) is 1. The summed E-state index contributed by atoms with van der Waals surface area (Å²) in [6.07, 6.45) is -1.54. The summed E-state index contributed by atoms with van der Waals surface area (Å²) >= 11 is 0. The van der Waals surface area contributed by atoms with Crippen molar-refractivity contribution in [1.29, 1.82) is 0 Å². The summed E-state index contributed by atoms with van der Waals surface area (Å²) in [6.45, 7) is 0. The molecule has 8 heteroatoms. The molecule has 3 rings (SSSR count). The lowest BCUT2D eigenvalue weighted by molar-refractivity contribution is -0.384. The average Bonchev–Trinajstić information content (AvgIpc) is 2.89. The molecule has 2 aromatic rings. The molecular formula is C17H18N2O6. The summed E-state index contributed by atoms with van der Waals surface area (Å²) < 4.78 is 0. The Kier molecular flexibility index (Phi) is 5.81. The number of fused-ring (bicyclic) bond motifs is 1. The molecule has 0 heterocycles. The molecule has 0 radical (unpaired) electrons. The first-order valence-corrected chi connectivity index (χ1v) is 7.48. The molecule has 0 fully saturated rings. The Morgan fingerprint density at radius 1 is 1.24 bits per heavy atom. The summed E-state index contributed by atoms with van der Waals surface area (Å²) in [4.78, 5) is 20.3. The summed E-state index contributed by atoms with van der Waals surface area (Å²) in [6, 6.07) is 12.3. The third kappa shape index (κ3) is 4.38. The molecule has 0 bridgehead atoms. The molecule has 1 aliphatic carbocycles. The Hall–Kier alpha value is -2.81. The van der Waals surface area contributed by atoms with Gasteiger partial charge in [0, 0.05) is 18.6 Å². The van der Waals surface area contributed by atoms with Crippen LogP contribution >= 0.6 is 0 Å². The largest absolute Gasteiger partial charge is 0.479 e. The fourth-order valence-corrected chi connectivity index (χ4v) is 2.53. The zero-order valence-electron chi connectivity index (χ0n) is 13.1. The van der Waals surface area contributed by atoms with Gasteiger partial charge in [0.2, 0.25) is 0 Å². The van der Waals surface area contributed by atoms with Crippen LogP contribution in [-0.2, 0) is 11.2 Å². The van der Waals surface area contributed by atoms with Crippen LogP contribution in [0, 0.1) is 10.1 Å². The van der Waals surface area contributed by atoms with Crippen molar-refractivity contribution in [2.75, 3.05) is 0 Å². The summed E-state index contributed by atoms with van der Waals surface area (Å²) in [7, 11) is 0. The number of non-ortho nitro benzene ring substituents is 1. The van der Waals surface area contributed by atoms with Crippen LogP contribution in [0.25, 0.3) is 0 Å². The summed E-state index contributed by atoms with van der Waals surface area (Å²) in [5.41, 5.74) is 7.70. The van der Waals surface area contributed by atoms with E-state index in [0.717, 1.165) is 5.56 Å². The molecule has 0 saturated heterocycles. The minimum Gasteiger partial charge on any atom is -0.479 e. The maximum atomic E-state index is 10.5. The van der Waals surface area contributed by atoms with E-state index < -0.39 is 29.1 Å². The first kappa shape index (κ1) is 18.5. The highest BCUT2D eigenvalue weighted by Gasteiger charge is 2.29. The number of carboxylic acid groups (broad SMARTS) is 1. The van der Waals surface area contributed by atoms with Crippen LogP contribution in [0.3, 0.4) is 0 Å². The van der Waals surface area contributed by atoms with Gasteiger partial charge in [0.1, 0.15) is 0 Å². The Bertz CT molecular complexity index is 765. The Balaban J connectivity index is 0.000000186. The summed E-state index contributed by atoms with van der Waals surface area (Å²) in [5, 5.41) is 37.3. The predicted molar refractivity (Wildman–Crippen MR) is 88.8 cm³/mol. The number of rotatable bonds is 3. The number of hydrogen-bond acceptors (Lipinski definition) is 6. The van der Waals surface area contributed by atoms with E-state index in [1.807, 2.05) is 0 Å². The molecule has 0 amide bonds. The van der Waals surface area contributed by atoms with E-state index in [2.05, 4.69) is 0 Å². The molecule has 25 heavy (non-hydrogen) atoms. The van der Waals surface area contributed by atoms with Gasteiger partial charge in [-0.1, -0.05) is 36.4 Å². The van der Waals surface area contributed by atoms with Crippen molar-refractivity contribution in [1.82, 2.24) is 0 Å². The van der Waals surface area contributed by atoms with Gasteiger partial charge in [0.25, 0.3) is 5.69 Å². The van der Waals surface area contributed by atoms with Crippen molar-refractivity contribution in [3.8, 4) is 0 Å². The number of carbonyl (C=O) groups is 1. The third-order valence-electron chi connectivity index (χ3n) is 3.89. The topological polar surface area (TPSA) is 147 Å². The zero-order chi connectivity index (χ0) is 18.6. The maximum Gasteiger partial charge on any atom is 0.337 e. The summed E-state index contributed by atoms with van der Waals surface area (Å²) in [5.74, 6) is -1.23. The van der Waals surface area contributed by atoms with Gasteiger partial charge in [-0.05, 0) is 16.7 Å². The van der Waals surface area contributed by atoms with Crippen LogP contribution in [-0.4, -0.2) is 32.3 Å². The number of aliphatic carboxylic acids is 1. The minimum absolute atomic E-state index is 0.0216. The zero-order valence-corrected chi connectivity index (χ0v) is 13.1. The lowest BCUT2D eigenvalue weighted by Gasteiger charge is -2.07. The first-order valence-electron chi connectivity index (χ1n) is 7.48. The second kappa shape index (κ2) is 7.84. The normalized spacial score (nSPS) is 19.3. The lowest BCUT2D eigenvalue weighted by atomic mass is 10.1. The number of benzene rings is 2. The number of carboxylic acids is 1. The molecule has 8 nitrogen and oxygen atoms in total. The van der Waals surface area contributed by atoms with Crippen LogP contribution in [0.15, 0.2) is 48.5 Å². The van der Waals surface area contributed by atoms with Gasteiger partial charge in [0.05, 0.1) is 17.1 Å². The highest BCUT2D eigenvalue weighted by atomic mass is 16.6. The number of aliphatic hydroxyl groups excluding tert-OH is 2. The quantitative estimate of drug-likeness (QED) is 0.484. The fraction of sp³-hybridized carbons (Fsp3) is 0.235. The Labute approximate surface area is 143 Å². The molecule has 2 aromatic carbocycles. The van der Waals surface area contributed by atoms with E-state index in [4.69, 9.17) is 15.9 Å². The van der Waals surface area contributed by atoms with Crippen LogP contribution < -0.4 is 5.73 Å². The van der Waals surface area contributed by atoms with E-state index in [0.29, 0.717) is 17.5 Å². The van der Waals surface area contributed by atoms with Crippen molar-refractivity contribution in [3.05, 3.63) is 75.3 Å². The fourth-order valence-electron chi connectivity index (χ4n) is 2.53. The van der Waals surface area contributed by atoms with Gasteiger partial charge in [-0.2, -0.15) is 0 Å². The van der Waals surface area contributed by atoms with Crippen molar-refractivity contribution >= 4 is 11.7 Å². The molecule has 3 atom stereocenters. The van der Waals surface area contributed by atoms with E-state index in [-0.39, 0.29) is 5.69 Å². The number of hydrogen-bond donors (Lipinski definition) is 4. The van der Waals surface area contributed by atoms with Crippen LogP contribution in [0.4, 0.5) is 5.69 Å². The van der Waals surface area contributed by atoms with E-state index in [1.54, 1.807) is 36.4 Å². The van der Waals surface area contributed by atoms with Crippen LogP contribution in [0.5, 0.6) is 0 Å². The van der Waals surface area contributed by atoms with Crippen molar-refractivity contribution in [2.45, 2.75) is 24.7 Å². The number of nitrogens with two attached hydrogens (primary N) is 1. The first-order chi connectivity index (χ1) is 11.8. The van der Waals surface area contributed by atoms with Crippen LogP contribution in [0.1, 0.15) is 28.8 Å². The smallest absolute Gasteiger partial charge is 0.337 e. The number of nitro groups is 1. The SMILES string of the molecule is N[C@@H]1c2cc([N+](=O)[O-])ccc2C[C@H]1O.O=C(O)C(O)c1ccccc1. The highest BCUT2D eigenvalue weighted by molar-refractivity contribution is 5.73. The monoisotopic (exact) mass is 346 g/mol. The molecule has 5 N–H and O–H groups in total. The van der Waals surface area contributed by atoms with Crippen LogP contribution in [0.2, 0.25) is 0 Å². The standard InChI is InChI=1S/C9H10N2O3.C8H8O3/c10-9-7-4-6(11(13)14)2-1-5(7)3-8(9)12;9-7(8(10)11)6-4-2-1-3-5-6/h1-2,4,8-9,12H,3,10H2;1-5,7,9H,(H,10,11)/t8-,9-;/m1./s1. The molecule has 0 saturated carbocycles. The second-order valence-electron chi connectivity index (χ2n) is 5.59. The van der Waals surface area contributed by atoms with Gasteiger partial charge in [-0.15, -0.1) is 0 Å². The molecular weight excluding hydrogens is 328 g/mol. The van der Waals surface area contributed by atoms with E-state index in [1.165, 1.54) is 12.1 Å². The Morgan fingerprint density at radius 3 is 2.44 bits per heavy atom.